The summed E-state index contributed by atoms with van der Waals surface area (Å²) in [6, 6.07) is 4.69. The van der Waals surface area contributed by atoms with Crippen LogP contribution in [0.3, 0.4) is 0 Å². The number of hydrogen-bond acceptors (Lipinski definition) is 4. The van der Waals surface area contributed by atoms with Crippen molar-refractivity contribution in [2.45, 2.75) is 13.3 Å². The number of rotatable bonds is 4. The molecule has 22 heavy (non-hydrogen) atoms. The summed E-state index contributed by atoms with van der Waals surface area (Å²) in [7, 11) is 0. The molecule has 3 rings (SSSR count). The molecule has 1 aromatic carbocycles. The van der Waals surface area contributed by atoms with Gasteiger partial charge in [-0.1, -0.05) is 17.7 Å². The monoisotopic (exact) mass is 320 g/mol. The third-order valence-corrected chi connectivity index (χ3v) is 3.85. The number of carbonyl (C=O) groups is 1. The number of aromatic nitrogens is 2. The molecule has 0 fully saturated rings. The van der Waals surface area contributed by atoms with E-state index in [0.29, 0.717) is 29.7 Å². The van der Waals surface area contributed by atoms with Gasteiger partial charge in [0.15, 0.2) is 0 Å². The summed E-state index contributed by atoms with van der Waals surface area (Å²) in [6.45, 7) is 2.68. The van der Waals surface area contributed by atoms with Crippen LogP contribution in [-0.2, 0) is 11.2 Å². The molecule has 7 heteroatoms. The minimum atomic E-state index is -0.364. The van der Waals surface area contributed by atoms with E-state index in [-0.39, 0.29) is 18.1 Å². The summed E-state index contributed by atoms with van der Waals surface area (Å²) in [4.78, 5) is 21.4. The Bertz CT molecular complexity index is 737. The molecule has 0 spiro atoms. The molecule has 1 aliphatic rings. The predicted molar refractivity (Wildman–Crippen MR) is 82.7 cm³/mol. The first-order valence-corrected chi connectivity index (χ1v) is 7.24. The largest absolute Gasteiger partial charge is 0.368 e. The van der Waals surface area contributed by atoms with Crippen molar-refractivity contribution in [3.05, 3.63) is 46.6 Å². The SMILES string of the molecule is Cc1ccc(F)c2c1CC(=O)N2CCNc1cc(Cl)ncn1. The predicted octanol–water partition coefficient (Wildman–Crippen LogP) is 2.58. The second-order valence-electron chi connectivity index (χ2n) is 5.07. The van der Waals surface area contributed by atoms with Crippen LogP contribution in [0, 0.1) is 12.7 Å². The number of anilines is 2. The van der Waals surface area contributed by atoms with Gasteiger partial charge in [0.25, 0.3) is 0 Å². The smallest absolute Gasteiger partial charge is 0.231 e. The van der Waals surface area contributed by atoms with E-state index >= 15 is 0 Å². The normalized spacial score (nSPS) is 13.4. The van der Waals surface area contributed by atoms with Crippen molar-refractivity contribution >= 4 is 29.0 Å². The second-order valence-corrected chi connectivity index (χ2v) is 5.45. The molecule has 0 bridgehead atoms. The molecule has 0 atom stereocenters. The minimum absolute atomic E-state index is 0.0919. The highest BCUT2D eigenvalue weighted by atomic mass is 35.5. The highest BCUT2D eigenvalue weighted by molar-refractivity contribution is 6.29. The number of nitrogens with zero attached hydrogens (tertiary/aromatic N) is 3. The molecular weight excluding hydrogens is 307 g/mol. The van der Waals surface area contributed by atoms with Gasteiger partial charge in [-0.2, -0.15) is 0 Å². The summed E-state index contributed by atoms with van der Waals surface area (Å²) in [5, 5.41) is 3.38. The number of benzene rings is 1. The van der Waals surface area contributed by atoms with Gasteiger partial charge in [0.1, 0.15) is 23.1 Å². The Hall–Kier alpha value is -2.21. The summed E-state index contributed by atoms with van der Waals surface area (Å²) in [5.41, 5.74) is 2.10. The van der Waals surface area contributed by atoms with E-state index in [0.717, 1.165) is 11.1 Å². The molecule has 1 N–H and O–H groups in total. The Morgan fingerprint density at radius 1 is 1.41 bits per heavy atom. The topological polar surface area (TPSA) is 58.1 Å². The zero-order valence-electron chi connectivity index (χ0n) is 11.9. The summed E-state index contributed by atoms with van der Waals surface area (Å²) >= 11 is 5.77. The van der Waals surface area contributed by atoms with Gasteiger partial charge in [-0.25, -0.2) is 14.4 Å². The van der Waals surface area contributed by atoms with Gasteiger partial charge < -0.3 is 10.2 Å². The number of fused-ring (bicyclic) bond motifs is 1. The van der Waals surface area contributed by atoms with Crippen molar-refractivity contribution in [3.8, 4) is 0 Å². The van der Waals surface area contributed by atoms with Crippen LogP contribution in [0.4, 0.5) is 15.9 Å². The van der Waals surface area contributed by atoms with Gasteiger partial charge >= 0.3 is 0 Å². The minimum Gasteiger partial charge on any atom is -0.368 e. The third kappa shape index (κ3) is 2.74. The number of hydrogen-bond donors (Lipinski definition) is 1. The molecule has 0 aliphatic carbocycles. The standard InChI is InChI=1S/C15H14ClFN4O/c1-9-2-3-11(17)15-10(9)6-14(22)21(15)5-4-18-13-7-12(16)19-8-20-13/h2-3,7-8H,4-6H2,1H3,(H,18,19,20). The maximum atomic E-state index is 14.0. The average molecular weight is 321 g/mol. The molecular formula is C15H14ClFN4O. The first-order chi connectivity index (χ1) is 10.6. The van der Waals surface area contributed by atoms with Gasteiger partial charge in [-0.05, 0) is 24.1 Å². The van der Waals surface area contributed by atoms with Crippen LogP contribution >= 0.6 is 11.6 Å². The van der Waals surface area contributed by atoms with Crippen LogP contribution in [0.15, 0.2) is 24.5 Å². The van der Waals surface area contributed by atoms with Gasteiger partial charge in [0.05, 0.1) is 12.1 Å². The zero-order valence-corrected chi connectivity index (χ0v) is 12.7. The van der Waals surface area contributed by atoms with E-state index in [1.807, 2.05) is 6.92 Å². The van der Waals surface area contributed by atoms with Crippen molar-refractivity contribution in [2.75, 3.05) is 23.3 Å². The second kappa shape index (κ2) is 5.88. The molecule has 0 saturated heterocycles. The number of halogens is 2. The van der Waals surface area contributed by atoms with Crippen molar-refractivity contribution in [3.63, 3.8) is 0 Å². The van der Waals surface area contributed by atoms with Crippen LogP contribution < -0.4 is 10.2 Å². The van der Waals surface area contributed by atoms with Crippen LogP contribution in [0.2, 0.25) is 5.15 Å². The maximum Gasteiger partial charge on any atom is 0.231 e. The zero-order chi connectivity index (χ0) is 15.7. The average Bonchev–Trinajstić information content (AvgIpc) is 2.82. The summed E-state index contributed by atoms with van der Waals surface area (Å²) < 4.78 is 14.0. The molecule has 0 radical (unpaired) electrons. The molecule has 0 unspecified atom stereocenters. The van der Waals surface area contributed by atoms with Crippen molar-refractivity contribution in [1.82, 2.24) is 9.97 Å². The Balaban J connectivity index is 1.72. The number of carbonyl (C=O) groups excluding carboxylic acids is 1. The Morgan fingerprint density at radius 3 is 3.00 bits per heavy atom. The Kier molecular flexibility index (Phi) is 3.94. The molecule has 5 nitrogen and oxygen atoms in total. The lowest BCUT2D eigenvalue weighted by Gasteiger charge is -2.18. The fourth-order valence-corrected chi connectivity index (χ4v) is 2.70. The molecule has 1 aliphatic heterocycles. The Morgan fingerprint density at radius 2 is 2.23 bits per heavy atom. The van der Waals surface area contributed by atoms with Gasteiger partial charge in [-0.3, -0.25) is 4.79 Å². The molecule has 2 aromatic rings. The molecule has 114 valence electrons. The maximum absolute atomic E-state index is 14.0. The third-order valence-electron chi connectivity index (χ3n) is 3.64. The first kappa shape index (κ1) is 14.7. The fourth-order valence-electron chi connectivity index (χ4n) is 2.56. The highest BCUT2D eigenvalue weighted by Crippen LogP contribution is 2.33. The lowest BCUT2D eigenvalue weighted by molar-refractivity contribution is -0.117. The van der Waals surface area contributed by atoms with Gasteiger partial charge in [-0.15, -0.1) is 0 Å². The van der Waals surface area contributed by atoms with Crippen molar-refractivity contribution in [2.24, 2.45) is 0 Å². The van der Waals surface area contributed by atoms with Crippen LogP contribution in [0.25, 0.3) is 0 Å². The van der Waals surface area contributed by atoms with Crippen LogP contribution in [0.5, 0.6) is 0 Å². The lowest BCUT2D eigenvalue weighted by atomic mass is 10.1. The quantitative estimate of drug-likeness (QED) is 0.880. The molecule has 2 heterocycles. The highest BCUT2D eigenvalue weighted by Gasteiger charge is 2.30. The van der Waals surface area contributed by atoms with Gasteiger partial charge in [0, 0.05) is 19.2 Å². The number of aryl methyl sites for hydroxylation is 1. The van der Waals surface area contributed by atoms with Gasteiger partial charge in [0.2, 0.25) is 5.91 Å². The van der Waals surface area contributed by atoms with E-state index in [2.05, 4.69) is 15.3 Å². The van der Waals surface area contributed by atoms with E-state index in [1.165, 1.54) is 17.3 Å². The van der Waals surface area contributed by atoms with Crippen LogP contribution in [0.1, 0.15) is 11.1 Å². The number of nitrogens with one attached hydrogen (secondary N) is 1. The summed E-state index contributed by atoms with van der Waals surface area (Å²) in [5.74, 6) is 0.110. The lowest BCUT2D eigenvalue weighted by Crippen LogP contribution is -2.32. The first-order valence-electron chi connectivity index (χ1n) is 6.86. The Labute approximate surface area is 132 Å². The van der Waals surface area contributed by atoms with Crippen molar-refractivity contribution < 1.29 is 9.18 Å². The van der Waals surface area contributed by atoms with E-state index in [1.54, 1.807) is 12.1 Å². The molecule has 1 amide bonds. The summed E-state index contributed by atoms with van der Waals surface area (Å²) in [6.07, 6.45) is 1.60. The van der Waals surface area contributed by atoms with Crippen molar-refractivity contribution in [1.29, 1.82) is 0 Å². The molecule has 0 saturated carbocycles. The van der Waals surface area contributed by atoms with E-state index < -0.39 is 0 Å². The number of amides is 1. The molecule has 1 aromatic heterocycles. The van der Waals surface area contributed by atoms with E-state index in [4.69, 9.17) is 11.6 Å². The van der Waals surface area contributed by atoms with Crippen LogP contribution in [-0.4, -0.2) is 29.0 Å². The van der Waals surface area contributed by atoms with E-state index in [9.17, 15) is 9.18 Å². The fraction of sp³-hybridized carbons (Fsp3) is 0.267.